The predicted molar refractivity (Wildman–Crippen MR) is 121 cm³/mol. The van der Waals surface area contributed by atoms with Gasteiger partial charge in [0.05, 0.1) is 11.1 Å². The fourth-order valence-corrected chi connectivity index (χ4v) is 5.10. The van der Waals surface area contributed by atoms with Gasteiger partial charge in [-0.15, -0.1) is 11.3 Å². The maximum absolute atomic E-state index is 13.5. The topological polar surface area (TPSA) is 70.7 Å². The molecule has 1 aliphatic rings. The number of aliphatic hydroxyl groups excluding tert-OH is 1. The summed E-state index contributed by atoms with van der Waals surface area (Å²) in [6.45, 7) is 1.76. The summed E-state index contributed by atoms with van der Waals surface area (Å²) in [5.74, 6) is -2.58. The fourth-order valence-electron chi connectivity index (χ4n) is 4.07. The molecule has 4 aromatic rings. The van der Waals surface area contributed by atoms with Crippen LogP contribution >= 0.6 is 11.3 Å². The van der Waals surface area contributed by atoms with Crippen LogP contribution in [0.5, 0.6) is 0 Å². The van der Waals surface area contributed by atoms with Crippen LogP contribution in [-0.2, 0) is 11.0 Å². The first-order chi connectivity index (χ1) is 16.2. The number of hydrogen-bond donors (Lipinski definition) is 1. The van der Waals surface area contributed by atoms with Crippen LogP contribution in [0.3, 0.4) is 0 Å². The highest BCUT2D eigenvalue weighted by Gasteiger charge is 2.47. The number of para-hydroxylation sites is 1. The first-order valence-corrected chi connectivity index (χ1v) is 11.1. The predicted octanol–water partition coefficient (Wildman–Crippen LogP) is 6.60. The van der Waals surface area contributed by atoms with Gasteiger partial charge in [0.25, 0.3) is 5.91 Å². The number of carbonyl (C=O) groups is 2. The average molecular weight is 483 g/mol. The number of alkyl halides is 3. The molecule has 1 atom stereocenters. The lowest BCUT2D eigenvalue weighted by molar-refractivity contribution is -0.137. The van der Waals surface area contributed by atoms with E-state index in [0.717, 1.165) is 22.6 Å². The maximum Gasteiger partial charge on any atom is 0.416 e. The molecule has 0 fully saturated rings. The van der Waals surface area contributed by atoms with Crippen molar-refractivity contribution in [3.8, 4) is 0 Å². The Balaban J connectivity index is 1.66. The van der Waals surface area contributed by atoms with Gasteiger partial charge >= 0.3 is 6.18 Å². The summed E-state index contributed by atoms with van der Waals surface area (Å²) in [6.07, 6.45) is -4.63. The third kappa shape index (κ3) is 3.49. The molecule has 0 saturated heterocycles. The summed E-state index contributed by atoms with van der Waals surface area (Å²) in [6, 6.07) is 13.3. The molecule has 1 unspecified atom stereocenters. The number of halogens is 3. The van der Waals surface area contributed by atoms with E-state index in [1.807, 2.05) is 0 Å². The Morgan fingerprint density at radius 1 is 1.09 bits per heavy atom. The van der Waals surface area contributed by atoms with Crippen LogP contribution in [0.4, 0.5) is 18.9 Å². The van der Waals surface area contributed by atoms with Gasteiger partial charge in [0.2, 0.25) is 5.78 Å². The molecular formula is C25H16F3NO4S. The number of aryl methyl sites for hydroxylation is 1. The van der Waals surface area contributed by atoms with Crippen LogP contribution < -0.4 is 4.90 Å². The second-order valence-corrected chi connectivity index (χ2v) is 8.78. The van der Waals surface area contributed by atoms with Crippen molar-refractivity contribution in [1.82, 2.24) is 0 Å². The van der Waals surface area contributed by atoms with E-state index in [4.69, 9.17) is 4.42 Å². The highest BCUT2D eigenvalue weighted by molar-refractivity contribution is 7.10. The van der Waals surface area contributed by atoms with E-state index in [0.29, 0.717) is 15.8 Å². The van der Waals surface area contributed by atoms with Crippen LogP contribution in [0.15, 0.2) is 81.8 Å². The van der Waals surface area contributed by atoms with Crippen molar-refractivity contribution in [3.63, 3.8) is 0 Å². The molecule has 0 bridgehead atoms. The lowest BCUT2D eigenvalue weighted by atomic mass is 9.98. The number of carbonyl (C=O) groups excluding carboxylic acids is 2. The van der Waals surface area contributed by atoms with Crippen molar-refractivity contribution in [2.45, 2.75) is 19.1 Å². The molecule has 3 heterocycles. The van der Waals surface area contributed by atoms with Crippen molar-refractivity contribution in [2.24, 2.45) is 0 Å². The lowest BCUT2D eigenvalue weighted by Gasteiger charge is -2.27. The number of thiophene rings is 1. The van der Waals surface area contributed by atoms with Crippen LogP contribution in [0, 0.1) is 6.92 Å². The smallest absolute Gasteiger partial charge is 0.416 e. The Labute approximate surface area is 195 Å². The van der Waals surface area contributed by atoms with E-state index in [1.165, 1.54) is 29.5 Å². The second-order valence-electron chi connectivity index (χ2n) is 7.83. The van der Waals surface area contributed by atoms with E-state index in [9.17, 15) is 27.9 Å². The summed E-state index contributed by atoms with van der Waals surface area (Å²) < 4.78 is 45.7. The number of rotatable bonds is 4. The minimum Gasteiger partial charge on any atom is -0.503 e. The van der Waals surface area contributed by atoms with Crippen molar-refractivity contribution in [3.05, 3.63) is 99.1 Å². The molecule has 1 amide bonds. The first kappa shape index (κ1) is 22.0. The number of ketones is 1. The molecule has 1 aliphatic heterocycles. The summed E-state index contributed by atoms with van der Waals surface area (Å²) in [5.41, 5.74) is -0.0992. The molecule has 2 aromatic heterocycles. The largest absolute Gasteiger partial charge is 0.503 e. The van der Waals surface area contributed by atoms with E-state index in [1.54, 1.807) is 42.6 Å². The Morgan fingerprint density at radius 2 is 1.85 bits per heavy atom. The Bertz CT molecular complexity index is 1450. The Morgan fingerprint density at radius 3 is 2.53 bits per heavy atom. The molecule has 2 aromatic carbocycles. The normalized spacial score (nSPS) is 16.6. The van der Waals surface area contributed by atoms with Gasteiger partial charge in [0.1, 0.15) is 11.6 Å². The molecule has 0 saturated carbocycles. The summed E-state index contributed by atoms with van der Waals surface area (Å²) in [7, 11) is 0. The standard InChI is InChI=1S/C25H16F3NO4S/c1-13-9-10-34-23(13)20-19(21(30)18-11-14-5-2-3-8-17(14)33-18)22(31)24(32)29(20)16-7-4-6-15(12-16)25(26,27)28/h2-12,20,31H,1H3. The molecule has 34 heavy (non-hydrogen) atoms. The Hall–Kier alpha value is -3.85. The third-order valence-corrected chi connectivity index (χ3v) is 6.78. The highest BCUT2D eigenvalue weighted by atomic mass is 32.1. The summed E-state index contributed by atoms with van der Waals surface area (Å²) >= 11 is 1.24. The molecule has 1 N–H and O–H groups in total. The van der Waals surface area contributed by atoms with E-state index >= 15 is 0 Å². The minimum atomic E-state index is -4.63. The van der Waals surface area contributed by atoms with E-state index < -0.39 is 35.2 Å². The van der Waals surface area contributed by atoms with E-state index in [-0.39, 0.29) is 17.0 Å². The van der Waals surface area contributed by atoms with Gasteiger partial charge in [-0.3, -0.25) is 14.5 Å². The zero-order chi connectivity index (χ0) is 24.2. The molecular weight excluding hydrogens is 467 g/mol. The van der Waals surface area contributed by atoms with E-state index in [2.05, 4.69) is 0 Å². The van der Waals surface area contributed by atoms with Crippen LogP contribution in [0.2, 0.25) is 0 Å². The molecule has 172 valence electrons. The van der Waals surface area contributed by atoms with Crippen LogP contribution in [0.25, 0.3) is 11.0 Å². The number of nitrogens with zero attached hydrogens (tertiary/aromatic N) is 1. The molecule has 9 heteroatoms. The number of benzene rings is 2. The molecule has 0 radical (unpaired) electrons. The number of amides is 1. The molecule has 5 nitrogen and oxygen atoms in total. The first-order valence-electron chi connectivity index (χ1n) is 10.2. The van der Waals surface area contributed by atoms with Crippen molar-refractivity contribution in [2.75, 3.05) is 4.90 Å². The second kappa shape index (κ2) is 7.88. The number of hydrogen-bond acceptors (Lipinski definition) is 5. The zero-order valence-corrected chi connectivity index (χ0v) is 18.4. The average Bonchev–Trinajstić information content (AvgIpc) is 3.49. The van der Waals surface area contributed by atoms with Gasteiger partial charge < -0.3 is 9.52 Å². The van der Waals surface area contributed by atoms with Crippen LogP contribution in [-0.4, -0.2) is 16.8 Å². The van der Waals surface area contributed by atoms with Crippen molar-refractivity contribution in [1.29, 1.82) is 0 Å². The summed E-state index contributed by atoms with van der Waals surface area (Å²) in [5, 5.41) is 13.2. The van der Waals surface area contributed by atoms with Crippen molar-refractivity contribution >= 4 is 39.7 Å². The van der Waals surface area contributed by atoms with Gasteiger partial charge in [-0.05, 0) is 54.3 Å². The van der Waals surface area contributed by atoms with Gasteiger partial charge in [-0.2, -0.15) is 13.2 Å². The number of furan rings is 1. The van der Waals surface area contributed by atoms with Gasteiger partial charge in [0.15, 0.2) is 11.5 Å². The summed E-state index contributed by atoms with van der Waals surface area (Å²) in [4.78, 5) is 28.3. The number of fused-ring (bicyclic) bond motifs is 1. The fraction of sp³-hybridized carbons (Fsp3) is 0.120. The quantitative estimate of drug-likeness (QED) is 0.332. The Kier molecular flexibility index (Phi) is 5.09. The highest BCUT2D eigenvalue weighted by Crippen LogP contribution is 2.45. The number of Topliss-reactive ketones (excluding diaryl/α,β-unsaturated/α-hetero) is 1. The monoisotopic (exact) mass is 483 g/mol. The van der Waals surface area contributed by atoms with Crippen molar-refractivity contribution < 1.29 is 32.3 Å². The van der Waals surface area contributed by atoms with Gasteiger partial charge in [0, 0.05) is 16.0 Å². The maximum atomic E-state index is 13.5. The zero-order valence-electron chi connectivity index (χ0n) is 17.6. The van der Waals surface area contributed by atoms with Gasteiger partial charge in [-0.1, -0.05) is 24.3 Å². The molecule has 0 spiro atoms. The minimum absolute atomic E-state index is 0.0827. The lowest BCUT2D eigenvalue weighted by Crippen LogP contribution is -2.31. The number of aliphatic hydroxyl groups is 1. The number of anilines is 1. The van der Waals surface area contributed by atoms with Crippen LogP contribution in [0.1, 0.15) is 32.6 Å². The molecule has 0 aliphatic carbocycles. The third-order valence-electron chi connectivity index (χ3n) is 5.70. The SMILES string of the molecule is Cc1ccsc1C1C(C(=O)c2cc3ccccc3o2)=C(O)C(=O)N1c1cccc(C(F)(F)F)c1. The molecule has 5 rings (SSSR count). The van der Waals surface area contributed by atoms with Gasteiger partial charge in [-0.25, -0.2) is 0 Å².